The Morgan fingerprint density at radius 2 is 2.14 bits per heavy atom. The van der Waals surface area contributed by atoms with Crippen LogP contribution in [0.1, 0.15) is 43.6 Å². The van der Waals surface area contributed by atoms with Gasteiger partial charge in [0.15, 0.2) is 0 Å². The van der Waals surface area contributed by atoms with Crippen LogP contribution in [0.3, 0.4) is 0 Å². The van der Waals surface area contributed by atoms with Crippen molar-refractivity contribution in [2.45, 2.75) is 53.5 Å². The standard InChI is InChI=1S/C19H28N6O2S/c1-12(2)9-25-14(4)16(13(3)23-25)8-17(26)24-7-5-6-15(10-24)18(27)21-19-22-20-11-28-19/h11-12,15H,5-10H2,1-4H3,(H,21,22,27)/t15-/m1/s1. The van der Waals surface area contributed by atoms with Crippen LogP contribution in [0, 0.1) is 25.7 Å². The molecule has 0 saturated carbocycles. The third-order valence-corrected chi connectivity index (χ3v) is 5.74. The number of aryl methyl sites for hydroxylation is 1. The molecule has 8 nitrogen and oxygen atoms in total. The Balaban J connectivity index is 1.63. The summed E-state index contributed by atoms with van der Waals surface area (Å²) in [7, 11) is 0. The molecule has 1 atom stereocenters. The Morgan fingerprint density at radius 1 is 1.36 bits per heavy atom. The summed E-state index contributed by atoms with van der Waals surface area (Å²) in [6.07, 6.45) is 1.93. The number of carbonyl (C=O) groups excluding carboxylic acids is 2. The van der Waals surface area contributed by atoms with Gasteiger partial charge in [-0.3, -0.25) is 14.3 Å². The highest BCUT2D eigenvalue weighted by atomic mass is 32.1. The zero-order chi connectivity index (χ0) is 20.3. The van der Waals surface area contributed by atoms with Crippen molar-refractivity contribution in [1.82, 2.24) is 24.9 Å². The van der Waals surface area contributed by atoms with Crippen LogP contribution in [-0.2, 0) is 22.6 Å². The van der Waals surface area contributed by atoms with E-state index in [1.165, 1.54) is 11.3 Å². The molecule has 1 aliphatic rings. The van der Waals surface area contributed by atoms with Crippen molar-refractivity contribution >= 4 is 28.3 Å². The molecule has 28 heavy (non-hydrogen) atoms. The lowest BCUT2D eigenvalue weighted by atomic mass is 9.96. The third-order valence-electron chi connectivity index (χ3n) is 5.13. The topological polar surface area (TPSA) is 93.0 Å². The van der Waals surface area contributed by atoms with E-state index in [2.05, 4.69) is 34.5 Å². The average molecular weight is 405 g/mol. The number of nitrogens with one attached hydrogen (secondary N) is 1. The molecule has 2 aromatic rings. The van der Waals surface area contributed by atoms with Crippen molar-refractivity contribution in [3.05, 3.63) is 22.5 Å². The highest BCUT2D eigenvalue weighted by Crippen LogP contribution is 2.22. The lowest BCUT2D eigenvalue weighted by Gasteiger charge is -2.32. The zero-order valence-corrected chi connectivity index (χ0v) is 17.8. The number of rotatable bonds is 6. The largest absolute Gasteiger partial charge is 0.342 e. The molecule has 9 heteroatoms. The predicted octanol–water partition coefficient (Wildman–Crippen LogP) is 2.43. The minimum absolute atomic E-state index is 0.0590. The van der Waals surface area contributed by atoms with Gasteiger partial charge in [-0.25, -0.2) is 0 Å². The highest BCUT2D eigenvalue weighted by Gasteiger charge is 2.29. The molecule has 0 spiro atoms. The van der Waals surface area contributed by atoms with Crippen molar-refractivity contribution in [3.8, 4) is 0 Å². The Hall–Kier alpha value is -2.29. The smallest absolute Gasteiger partial charge is 0.231 e. The molecule has 1 N–H and O–H groups in total. The van der Waals surface area contributed by atoms with Crippen LogP contribution >= 0.6 is 11.3 Å². The third kappa shape index (κ3) is 4.76. The molecule has 1 fully saturated rings. The van der Waals surface area contributed by atoms with Gasteiger partial charge in [0.05, 0.1) is 18.0 Å². The number of hydrogen-bond donors (Lipinski definition) is 1. The maximum atomic E-state index is 12.9. The predicted molar refractivity (Wildman–Crippen MR) is 108 cm³/mol. The van der Waals surface area contributed by atoms with Gasteiger partial charge in [-0.15, -0.1) is 10.2 Å². The number of carbonyl (C=O) groups is 2. The van der Waals surface area contributed by atoms with Crippen molar-refractivity contribution in [2.24, 2.45) is 11.8 Å². The summed E-state index contributed by atoms with van der Waals surface area (Å²) in [5.41, 5.74) is 4.55. The van der Waals surface area contributed by atoms with Crippen LogP contribution in [0.5, 0.6) is 0 Å². The van der Waals surface area contributed by atoms with E-state index in [-0.39, 0.29) is 17.7 Å². The quantitative estimate of drug-likeness (QED) is 0.798. The van der Waals surface area contributed by atoms with Crippen LogP contribution in [0.15, 0.2) is 5.51 Å². The molecule has 2 aromatic heterocycles. The summed E-state index contributed by atoms with van der Waals surface area (Å²) >= 11 is 1.29. The fraction of sp³-hybridized carbons (Fsp3) is 0.632. The van der Waals surface area contributed by atoms with E-state index in [1.54, 1.807) is 5.51 Å². The van der Waals surface area contributed by atoms with E-state index in [0.29, 0.717) is 30.6 Å². The summed E-state index contributed by atoms with van der Waals surface area (Å²) in [6, 6.07) is 0. The van der Waals surface area contributed by atoms with Crippen molar-refractivity contribution in [3.63, 3.8) is 0 Å². The van der Waals surface area contributed by atoms with Crippen molar-refractivity contribution in [2.75, 3.05) is 18.4 Å². The van der Waals surface area contributed by atoms with E-state index < -0.39 is 0 Å². The van der Waals surface area contributed by atoms with Crippen LogP contribution in [-0.4, -0.2) is 49.8 Å². The number of piperidine rings is 1. The number of anilines is 1. The van der Waals surface area contributed by atoms with Gasteiger partial charge in [0.1, 0.15) is 5.51 Å². The van der Waals surface area contributed by atoms with Crippen LogP contribution in [0.4, 0.5) is 5.13 Å². The fourth-order valence-electron chi connectivity index (χ4n) is 3.63. The maximum absolute atomic E-state index is 12.9. The Morgan fingerprint density at radius 3 is 2.82 bits per heavy atom. The number of hydrogen-bond acceptors (Lipinski definition) is 6. The number of amides is 2. The molecule has 1 saturated heterocycles. The Kier molecular flexibility index (Phi) is 6.43. The molecule has 3 heterocycles. The second kappa shape index (κ2) is 8.81. The van der Waals surface area contributed by atoms with E-state index in [9.17, 15) is 9.59 Å². The van der Waals surface area contributed by atoms with Crippen LogP contribution in [0.2, 0.25) is 0 Å². The number of nitrogens with zero attached hydrogens (tertiary/aromatic N) is 5. The summed E-state index contributed by atoms with van der Waals surface area (Å²) in [4.78, 5) is 27.2. The molecule has 0 unspecified atom stereocenters. The van der Waals surface area contributed by atoms with Crippen molar-refractivity contribution < 1.29 is 9.59 Å². The summed E-state index contributed by atoms with van der Waals surface area (Å²) in [5, 5.41) is 15.5. The molecule has 0 aromatic carbocycles. The van der Waals surface area contributed by atoms with Gasteiger partial charge in [-0.1, -0.05) is 25.2 Å². The number of aromatic nitrogens is 4. The normalized spacial score (nSPS) is 17.2. The van der Waals surface area contributed by atoms with E-state index >= 15 is 0 Å². The molecule has 3 rings (SSSR count). The SMILES string of the molecule is Cc1nn(CC(C)C)c(C)c1CC(=O)N1CCC[C@@H](C(=O)Nc2nncs2)C1. The van der Waals surface area contributed by atoms with E-state index in [0.717, 1.165) is 36.3 Å². The minimum atomic E-state index is -0.215. The van der Waals surface area contributed by atoms with Crippen molar-refractivity contribution in [1.29, 1.82) is 0 Å². The first-order valence-electron chi connectivity index (χ1n) is 9.72. The minimum Gasteiger partial charge on any atom is -0.342 e. The summed E-state index contributed by atoms with van der Waals surface area (Å²) in [6.45, 7) is 10.3. The van der Waals surface area contributed by atoms with Gasteiger partial charge in [0.2, 0.25) is 16.9 Å². The Labute approximate surface area is 169 Å². The molecule has 0 bridgehead atoms. The van der Waals surface area contributed by atoms with Gasteiger partial charge in [0.25, 0.3) is 0 Å². The first kappa shape index (κ1) is 20.4. The monoisotopic (exact) mass is 404 g/mol. The van der Waals surface area contributed by atoms with Crippen LogP contribution < -0.4 is 5.32 Å². The van der Waals surface area contributed by atoms with Gasteiger partial charge in [-0.05, 0) is 32.6 Å². The molecule has 152 valence electrons. The molecular weight excluding hydrogens is 376 g/mol. The lowest BCUT2D eigenvalue weighted by Crippen LogP contribution is -2.44. The van der Waals surface area contributed by atoms with E-state index in [4.69, 9.17) is 0 Å². The second-order valence-corrected chi connectivity index (χ2v) is 8.65. The molecule has 1 aliphatic heterocycles. The van der Waals surface area contributed by atoms with Crippen LogP contribution in [0.25, 0.3) is 0 Å². The average Bonchev–Trinajstić information content (AvgIpc) is 3.25. The molecule has 0 aliphatic carbocycles. The number of likely N-dealkylation sites (tertiary alicyclic amines) is 1. The summed E-state index contributed by atoms with van der Waals surface area (Å²) in [5.74, 6) is 0.249. The lowest BCUT2D eigenvalue weighted by molar-refractivity contribution is -0.133. The van der Waals surface area contributed by atoms with Gasteiger partial charge in [0, 0.05) is 30.9 Å². The maximum Gasteiger partial charge on any atom is 0.231 e. The van der Waals surface area contributed by atoms with Gasteiger partial charge >= 0.3 is 0 Å². The highest BCUT2D eigenvalue weighted by molar-refractivity contribution is 7.13. The molecule has 2 amide bonds. The zero-order valence-electron chi connectivity index (χ0n) is 16.9. The second-order valence-electron chi connectivity index (χ2n) is 7.81. The summed E-state index contributed by atoms with van der Waals surface area (Å²) < 4.78 is 2.00. The molecular formula is C19H28N6O2S. The molecule has 0 radical (unpaired) electrons. The first-order valence-corrected chi connectivity index (χ1v) is 10.6. The van der Waals surface area contributed by atoms with Gasteiger partial charge in [-0.2, -0.15) is 5.10 Å². The Bertz CT molecular complexity index is 830. The first-order chi connectivity index (χ1) is 13.3. The van der Waals surface area contributed by atoms with E-state index in [1.807, 2.05) is 23.4 Å². The van der Waals surface area contributed by atoms with Gasteiger partial charge < -0.3 is 10.2 Å². The fourth-order valence-corrected chi connectivity index (χ4v) is 4.08.